The Morgan fingerprint density at radius 3 is 1.96 bits per heavy atom. The van der Waals surface area contributed by atoms with Gasteiger partial charge in [-0.3, -0.25) is 0 Å². The maximum atomic E-state index is 10.5. The van der Waals surface area contributed by atoms with Crippen molar-refractivity contribution in [1.82, 2.24) is 0 Å². The molecule has 2 fully saturated rings. The zero-order valence-electron chi connectivity index (χ0n) is 16.8. The van der Waals surface area contributed by atoms with Crippen LogP contribution in [0.5, 0.6) is 11.5 Å². The van der Waals surface area contributed by atoms with Gasteiger partial charge in [-0.1, -0.05) is 58.1 Å². The number of hydrogen-bond donors (Lipinski definition) is 2. The van der Waals surface area contributed by atoms with E-state index >= 15 is 0 Å². The molecule has 2 aliphatic carbocycles. The predicted octanol–water partition coefficient (Wildman–Crippen LogP) is 6.93. The summed E-state index contributed by atoms with van der Waals surface area (Å²) in [5, 5.41) is 20.8. The highest BCUT2D eigenvalue weighted by Crippen LogP contribution is 2.47. The van der Waals surface area contributed by atoms with E-state index in [9.17, 15) is 10.2 Å². The lowest BCUT2D eigenvalue weighted by atomic mass is 9.68. The quantitative estimate of drug-likeness (QED) is 0.541. The van der Waals surface area contributed by atoms with Gasteiger partial charge in [-0.2, -0.15) is 0 Å². The molecular formula is C24H38O2. The molecule has 2 aliphatic rings. The van der Waals surface area contributed by atoms with Crippen LogP contribution in [0, 0.1) is 17.8 Å². The topological polar surface area (TPSA) is 40.5 Å². The van der Waals surface area contributed by atoms with E-state index in [2.05, 4.69) is 19.9 Å². The lowest BCUT2D eigenvalue weighted by Crippen LogP contribution is -2.25. The molecule has 26 heavy (non-hydrogen) atoms. The number of benzene rings is 1. The monoisotopic (exact) mass is 358 g/mol. The van der Waals surface area contributed by atoms with E-state index in [1.54, 1.807) is 0 Å². The van der Waals surface area contributed by atoms with Crippen molar-refractivity contribution in [3.63, 3.8) is 0 Å². The van der Waals surface area contributed by atoms with Crippen molar-refractivity contribution in [3.8, 4) is 11.5 Å². The third-order valence-electron chi connectivity index (χ3n) is 7.25. The van der Waals surface area contributed by atoms with Crippen LogP contribution in [-0.4, -0.2) is 10.2 Å². The maximum absolute atomic E-state index is 10.5. The lowest BCUT2D eigenvalue weighted by Gasteiger charge is -2.38. The zero-order chi connectivity index (χ0) is 18.5. The largest absolute Gasteiger partial charge is 0.504 e. The van der Waals surface area contributed by atoms with Crippen LogP contribution < -0.4 is 0 Å². The summed E-state index contributed by atoms with van der Waals surface area (Å²) in [4.78, 5) is 0. The normalized spacial score (nSPS) is 29.6. The summed E-state index contributed by atoms with van der Waals surface area (Å²) < 4.78 is 0. The number of rotatable bonds is 6. The highest BCUT2D eigenvalue weighted by Gasteiger charge is 2.32. The highest BCUT2D eigenvalue weighted by molar-refractivity contribution is 5.51. The Kier molecular flexibility index (Phi) is 6.89. The first-order valence-electron chi connectivity index (χ1n) is 11.2. The van der Waals surface area contributed by atoms with Gasteiger partial charge in [0.2, 0.25) is 0 Å². The molecule has 0 heterocycles. The Morgan fingerprint density at radius 2 is 1.38 bits per heavy atom. The number of phenolic OH excluding ortho intramolecular Hbond substituents is 2. The molecule has 146 valence electrons. The minimum atomic E-state index is 0.126. The Morgan fingerprint density at radius 1 is 0.769 bits per heavy atom. The van der Waals surface area contributed by atoms with Gasteiger partial charge in [-0.15, -0.1) is 0 Å². The van der Waals surface area contributed by atoms with Gasteiger partial charge in [0, 0.05) is 5.56 Å². The van der Waals surface area contributed by atoms with Crippen molar-refractivity contribution in [1.29, 1.82) is 0 Å². The molecule has 0 saturated heterocycles. The van der Waals surface area contributed by atoms with E-state index in [4.69, 9.17) is 0 Å². The van der Waals surface area contributed by atoms with Gasteiger partial charge in [0.1, 0.15) is 0 Å². The number of hydrogen-bond acceptors (Lipinski definition) is 2. The summed E-state index contributed by atoms with van der Waals surface area (Å²) in [6.45, 7) is 4.41. The Balaban J connectivity index is 1.55. The van der Waals surface area contributed by atoms with Crippen molar-refractivity contribution in [2.24, 2.45) is 17.8 Å². The van der Waals surface area contributed by atoms with E-state index in [0.29, 0.717) is 5.92 Å². The first-order valence-corrected chi connectivity index (χ1v) is 11.2. The zero-order valence-corrected chi connectivity index (χ0v) is 16.8. The maximum Gasteiger partial charge on any atom is 0.161 e. The third-order valence-corrected chi connectivity index (χ3v) is 7.25. The summed E-state index contributed by atoms with van der Waals surface area (Å²) in [6, 6.07) is 4.09. The summed E-state index contributed by atoms with van der Waals surface area (Å²) in [5.74, 6) is 3.53. The fraction of sp³-hybridized carbons (Fsp3) is 0.750. The fourth-order valence-corrected chi connectivity index (χ4v) is 5.70. The average molecular weight is 359 g/mol. The summed E-state index contributed by atoms with van der Waals surface area (Å²) in [6.07, 6.45) is 15.3. The van der Waals surface area contributed by atoms with Crippen molar-refractivity contribution >= 4 is 0 Å². The standard InChI is InChI=1S/C24H38O2/c1-3-5-17-7-9-18(10-8-17)19-11-13-20(14-12-19)22-16-15-21(6-4-2)23(25)24(22)26/h15-20,25-26H,3-14H2,1-2H3. The van der Waals surface area contributed by atoms with Crippen LogP contribution in [0.2, 0.25) is 0 Å². The molecule has 3 rings (SSSR count). The van der Waals surface area contributed by atoms with Crippen LogP contribution in [-0.2, 0) is 6.42 Å². The van der Waals surface area contributed by atoms with Crippen LogP contribution in [0.25, 0.3) is 0 Å². The number of aryl methyl sites for hydroxylation is 1. The molecule has 0 bridgehead atoms. The van der Waals surface area contributed by atoms with Gasteiger partial charge in [0.15, 0.2) is 11.5 Å². The minimum absolute atomic E-state index is 0.126. The second-order valence-corrected chi connectivity index (χ2v) is 8.94. The van der Waals surface area contributed by atoms with Gasteiger partial charge in [-0.05, 0) is 74.2 Å². The molecule has 2 saturated carbocycles. The highest BCUT2D eigenvalue weighted by atomic mass is 16.3. The van der Waals surface area contributed by atoms with E-state index in [0.717, 1.165) is 41.7 Å². The number of phenols is 2. The smallest absolute Gasteiger partial charge is 0.161 e. The lowest BCUT2D eigenvalue weighted by molar-refractivity contribution is 0.156. The van der Waals surface area contributed by atoms with Crippen molar-refractivity contribution < 1.29 is 10.2 Å². The third kappa shape index (κ3) is 4.38. The second-order valence-electron chi connectivity index (χ2n) is 8.94. The molecule has 2 heteroatoms. The van der Waals surface area contributed by atoms with Crippen molar-refractivity contribution in [2.45, 2.75) is 96.8 Å². The predicted molar refractivity (Wildman–Crippen MR) is 109 cm³/mol. The first-order chi connectivity index (χ1) is 12.6. The van der Waals surface area contributed by atoms with Crippen molar-refractivity contribution in [2.75, 3.05) is 0 Å². The molecule has 1 aromatic rings. The van der Waals surface area contributed by atoms with Crippen LogP contribution in [0.3, 0.4) is 0 Å². The molecular weight excluding hydrogens is 320 g/mol. The van der Waals surface area contributed by atoms with E-state index in [1.807, 2.05) is 6.07 Å². The van der Waals surface area contributed by atoms with Gasteiger partial charge in [0.05, 0.1) is 0 Å². The summed E-state index contributed by atoms with van der Waals surface area (Å²) in [7, 11) is 0. The van der Waals surface area contributed by atoms with Gasteiger partial charge in [0.25, 0.3) is 0 Å². The Labute approximate surface area is 160 Å². The van der Waals surface area contributed by atoms with Crippen molar-refractivity contribution in [3.05, 3.63) is 23.3 Å². The summed E-state index contributed by atoms with van der Waals surface area (Å²) >= 11 is 0. The minimum Gasteiger partial charge on any atom is -0.504 e. The first kappa shape index (κ1) is 19.6. The van der Waals surface area contributed by atoms with E-state index in [-0.39, 0.29) is 11.5 Å². The molecule has 0 unspecified atom stereocenters. The Bertz CT molecular complexity index is 564. The average Bonchev–Trinajstić information content (AvgIpc) is 2.67. The molecule has 1 aromatic carbocycles. The SMILES string of the molecule is CCCc1ccc(C2CCC(C3CCC(CCC)CC3)CC2)c(O)c1O. The van der Waals surface area contributed by atoms with Crippen LogP contribution in [0.1, 0.15) is 102 Å². The Hall–Kier alpha value is -1.18. The molecule has 0 atom stereocenters. The molecule has 0 amide bonds. The molecule has 2 nitrogen and oxygen atoms in total. The van der Waals surface area contributed by atoms with Crippen LogP contribution in [0.4, 0.5) is 0 Å². The molecule has 0 aromatic heterocycles. The van der Waals surface area contributed by atoms with Crippen LogP contribution in [0.15, 0.2) is 12.1 Å². The second kappa shape index (κ2) is 9.15. The van der Waals surface area contributed by atoms with Gasteiger partial charge >= 0.3 is 0 Å². The van der Waals surface area contributed by atoms with Crippen LogP contribution >= 0.6 is 0 Å². The van der Waals surface area contributed by atoms with Gasteiger partial charge in [-0.25, -0.2) is 0 Å². The fourth-order valence-electron chi connectivity index (χ4n) is 5.70. The summed E-state index contributed by atoms with van der Waals surface area (Å²) in [5.41, 5.74) is 1.86. The molecule has 2 N–H and O–H groups in total. The van der Waals surface area contributed by atoms with E-state index in [1.165, 1.54) is 64.2 Å². The van der Waals surface area contributed by atoms with E-state index < -0.39 is 0 Å². The number of aromatic hydroxyl groups is 2. The van der Waals surface area contributed by atoms with Gasteiger partial charge < -0.3 is 10.2 Å². The molecule has 0 aliphatic heterocycles. The molecule has 0 radical (unpaired) electrons. The molecule has 0 spiro atoms.